The van der Waals surface area contributed by atoms with Gasteiger partial charge in [0.25, 0.3) is 0 Å². The number of carbonyl (C=O) groups is 1. The average molecular weight is 455 g/mol. The normalized spacial score (nSPS) is 24.8. The molecule has 32 heavy (non-hydrogen) atoms. The zero-order valence-corrected chi connectivity index (χ0v) is 18.7. The van der Waals surface area contributed by atoms with Gasteiger partial charge < -0.3 is 19.5 Å². The van der Waals surface area contributed by atoms with Crippen LogP contribution in [0, 0.1) is 5.41 Å². The Morgan fingerprint density at radius 2 is 1.72 bits per heavy atom. The maximum Gasteiger partial charge on any atom is 0.320 e. The van der Waals surface area contributed by atoms with Gasteiger partial charge in [-0.25, -0.2) is 9.78 Å². The van der Waals surface area contributed by atoms with Gasteiger partial charge in [-0.05, 0) is 56.1 Å². The molecule has 2 aliphatic heterocycles. The smallest absolute Gasteiger partial charge is 0.320 e. The Labute approximate surface area is 191 Å². The maximum atomic E-state index is 12.8. The van der Waals surface area contributed by atoms with Gasteiger partial charge in [-0.15, -0.1) is 10.2 Å². The topological polar surface area (TPSA) is 87.2 Å². The lowest BCUT2D eigenvalue weighted by Gasteiger charge is -2.59. The lowest BCUT2D eigenvalue weighted by atomic mass is 9.57. The van der Waals surface area contributed by atoms with Crippen molar-refractivity contribution in [3.63, 3.8) is 0 Å². The van der Waals surface area contributed by atoms with E-state index in [1.54, 1.807) is 6.20 Å². The largest absolute Gasteiger partial charge is 0.485 e. The van der Waals surface area contributed by atoms with Crippen LogP contribution >= 0.6 is 11.6 Å². The van der Waals surface area contributed by atoms with Gasteiger partial charge in [-0.2, -0.15) is 0 Å². The fourth-order valence-corrected chi connectivity index (χ4v) is 5.86. The van der Waals surface area contributed by atoms with Gasteiger partial charge in [-0.3, -0.25) is 0 Å². The van der Waals surface area contributed by atoms with Crippen LogP contribution in [-0.4, -0.2) is 68.3 Å². The summed E-state index contributed by atoms with van der Waals surface area (Å²) in [6, 6.07) is 2.16. The summed E-state index contributed by atoms with van der Waals surface area (Å²) >= 11 is 6.20. The first-order valence-corrected chi connectivity index (χ1v) is 12.2. The molecule has 0 unspecified atom stereocenters. The van der Waals surface area contributed by atoms with Crippen LogP contribution in [0.3, 0.4) is 0 Å². The van der Waals surface area contributed by atoms with Crippen molar-refractivity contribution in [3.05, 3.63) is 34.6 Å². The van der Waals surface area contributed by atoms with Gasteiger partial charge in [0, 0.05) is 30.3 Å². The molecule has 1 N–H and O–H groups in total. The average Bonchev–Trinajstić information content (AvgIpc) is 3.62. The van der Waals surface area contributed by atoms with Crippen LogP contribution in [0.5, 0.6) is 5.75 Å². The van der Waals surface area contributed by atoms with E-state index in [9.17, 15) is 4.79 Å². The van der Waals surface area contributed by atoms with Gasteiger partial charge >= 0.3 is 6.03 Å². The number of nitrogens with zero attached hydrogens (tertiary/aromatic N) is 5. The second kappa shape index (κ2) is 6.83. The predicted octanol–water partition coefficient (Wildman–Crippen LogP) is 3.67. The van der Waals surface area contributed by atoms with Crippen LogP contribution in [0.15, 0.2) is 12.3 Å². The van der Waals surface area contributed by atoms with E-state index in [0.29, 0.717) is 41.4 Å². The fraction of sp³-hybridized carbons (Fsp3) is 0.652. The molecule has 3 aliphatic carbocycles. The second-order valence-corrected chi connectivity index (χ2v) is 10.9. The molecule has 5 aliphatic rings. The number of amides is 2. The number of hydrogen-bond acceptors (Lipinski definition) is 5. The molecule has 4 heterocycles. The molecule has 5 fully saturated rings. The third-order valence-electron chi connectivity index (χ3n) is 7.83. The number of aromatic nitrogens is 4. The number of ether oxygens (including phenoxy) is 1. The monoisotopic (exact) mass is 454 g/mol. The molecule has 0 bridgehead atoms. The summed E-state index contributed by atoms with van der Waals surface area (Å²) in [4.78, 5) is 24.4. The minimum Gasteiger partial charge on any atom is -0.485 e. The van der Waals surface area contributed by atoms with Crippen molar-refractivity contribution in [3.8, 4) is 5.75 Å². The van der Waals surface area contributed by atoms with Crippen LogP contribution in [0.1, 0.15) is 73.5 Å². The Balaban J connectivity index is 0.876. The summed E-state index contributed by atoms with van der Waals surface area (Å²) in [5.74, 6) is 4.50. The number of likely N-dealkylation sites (tertiary alicyclic amines) is 2. The van der Waals surface area contributed by atoms with Gasteiger partial charge in [0.05, 0.1) is 19.3 Å². The number of H-pyrrole nitrogens is 1. The molecule has 0 atom stereocenters. The molecular weight excluding hydrogens is 428 g/mol. The molecule has 2 saturated heterocycles. The van der Waals surface area contributed by atoms with E-state index < -0.39 is 0 Å². The minimum atomic E-state index is 0.0319. The molecule has 3 saturated carbocycles. The first-order chi connectivity index (χ1) is 15.6. The first kappa shape index (κ1) is 19.1. The highest BCUT2D eigenvalue weighted by Crippen LogP contribution is 2.56. The van der Waals surface area contributed by atoms with E-state index in [-0.39, 0.29) is 12.1 Å². The molecule has 7 rings (SSSR count). The highest BCUT2D eigenvalue weighted by Gasteiger charge is 2.56. The zero-order chi connectivity index (χ0) is 21.4. The van der Waals surface area contributed by atoms with Crippen LogP contribution in [0.4, 0.5) is 4.79 Å². The van der Waals surface area contributed by atoms with Crippen molar-refractivity contribution in [1.29, 1.82) is 0 Å². The van der Waals surface area contributed by atoms with Gasteiger partial charge in [0.15, 0.2) is 0 Å². The van der Waals surface area contributed by atoms with E-state index in [2.05, 4.69) is 20.2 Å². The molecule has 1 spiro atoms. The van der Waals surface area contributed by atoms with E-state index in [1.807, 2.05) is 15.9 Å². The number of hydrogen-bond donors (Lipinski definition) is 1. The molecule has 9 heteroatoms. The summed E-state index contributed by atoms with van der Waals surface area (Å²) in [5.41, 5.74) is 1.39. The van der Waals surface area contributed by atoms with E-state index in [1.165, 1.54) is 25.7 Å². The van der Waals surface area contributed by atoms with E-state index in [4.69, 9.17) is 16.3 Å². The Hall–Kier alpha value is -2.35. The van der Waals surface area contributed by atoms with Gasteiger partial charge in [0.2, 0.25) is 0 Å². The molecule has 2 aromatic heterocycles. The van der Waals surface area contributed by atoms with Crippen molar-refractivity contribution < 1.29 is 9.53 Å². The molecule has 8 nitrogen and oxygen atoms in total. The Morgan fingerprint density at radius 3 is 2.41 bits per heavy atom. The fourth-order valence-electron chi connectivity index (χ4n) is 5.60. The molecule has 0 aromatic carbocycles. The Kier molecular flexibility index (Phi) is 4.08. The van der Waals surface area contributed by atoms with E-state index in [0.717, 1.165) is 48.9 Å². The number of rotatable bonds is 5. The first-order valence-electron chi connectivity index (χ1n) is 11.8. The maximum absolute atomic E-state index is 12.8. The van der Waals surface area contributed by atoms with Crippen molar-refractivity contribution in [2.75, 3.05) is 26.2 Å². The summed E-state index contributed by atoms with van der Waals surface area (Å²) in [7, 11) is 0. The summed E-state index contributed by atoms with van der Waals surface area (Å²) in [6.45, 7) is 2.99. The second-order valence-electron chi connectivity index (χ2n) is 10.6. The van der Waals surface area contributed by atoms with Crippen LogP contribution < -0.4 is 4.74 Å². The molecular formula is C23H27ClN6O2. The standard InChI is InChI=1S/C23H27ClN6O2/c24-19-18(13-1-2-13)5-16(8-25-19)32-17-9-29(10-17)22(31)30-11-23(12-30)6-15(7-23)21-26-20(27-28-21)14-3-4-14/h5,8,13-15,17H,1-4,6-7,9-12H2,(H,26,27,28). The number of aromatic amines is 1. The van der Waals surface area contributed by atoms with Gasteiger partial charge in [-0.1, -0.05) is 11.6 Å². The summed E-state index contributed by atoms with van der Waals surface area (Å²) in [5, 5.41) is 9.28. The van der Waals surface area contributed by atoms with Crippen molar-refractivity contribution in [2.45, 2.75) is 62.4 Å². The Bertz CT molecular complexity index is 1060. The zero-order valence-electron chi connectivity index (χ0n) is 18.0. The molecule has 0 radical (unpaired) electrons. The number of nitrogens with one attached hydrogen (secondary N) is 1. The Morgan fingerprint density at radius 1 is 1.03 bits per heavy atom. The van der Waals surface area contributed by atoms with Crippen LogP contribution in [-0.2, 0) is 0 Å². The van der Waals surface area contributed by atoms with Crippen molar-refractivity contribution in [2.24, 2.45) is 5.41 Å². The highest BCUT2D eigenvalue weighted by molar-refractivity contribution is 6.30. The van der Waals surface area contributed by atoms with Crippen LogP contribution in [0.2, 0.25) is 5.15 Å². The van der Waals surface area contributed by atoms with Gasteiger partial charge in [0.1, 0.15) is 28.7 Å². The number of pyridine rings is 1. The molecule has 168 valence electrons. The molecule has 2 amide bonds. The molecule has 2 aromatic rings. The number of urea groups is 1. The summed E-state index contributed by atoms with van der Waals surface area (Å²) in [6.07, 6.45) is 8.76. The van der Waals surface area contributed by atoms with E-state index >= 15 is 0 Å². The van der Waals surface area contributed by atoms with Crippen molar-refractivity contribution in [1.82, 2.24) is 30.0 Å². The number of halogens is 1. The number of carbonyl (C=O) groups excluding carboxylic acids is 1. The lowest BCUT2D eigenvalue weighted by molar-refractivity contribution is -0.0665. The third-order valence-corrected chi connectivity index (χ3v) is 8.15. The summed E-state index contributed by atoms with van der Waals surface area (Å²) < 4.78 is 6.05. The quantitative estimate of drug-likeness (QED) is 0.696. The minimum absolute atomic E-state index is 0.0319. The SMILES string of the molecule is O=C(N1CC(Oc2cnc(Cl)c(C3CC3)c2)C1)N1CC2(CC(c3nnc(C4CC4)[nH]3)C2)C1. The highest BCUT2D eigenvalue weighted by atomic mass is 35.5. The predicted molar refractivity (Wildman–Crippen MR) is 117 cm³/mol. The van der Waals surface area contributed by atoms with Crippen molar-refractivity contribution >= 4 is 17.6 Å². The van der Waals surface area contributed by atoms with Crippen LogP contribution in [0.25, 0.3) is 0 Å². The third kappa shape index (κ3) is 3.26. The lowest BCUT2D eigenvalue weighted by Crippen LogP contribution is -2.68.